The number of amides is 3. The summed E-state index contributed by atoms with van der Waals surface area (Å²) in [6.45, 7) is 0.642. The summed E-state index contributed by atoms with van der Waals surface area (Å²) in [6, 6.07) is 2.71. The fourth-order valence-corrected chi connectivity index (χ4v) is 2.76. The number of halogens is 1. The molecule has 0 unspecified atom stereocenters. The van der Waals surface area contributed by atoms with E-state index in [1.165, 1.54) is 6.20 Å². The number of nitrogens with zero attached hydrogens (tertiary/aromatic N) is 3. The number of carbonyl (C=O) groups is 2. The predicted octanol–water partition coefficient (Wildman–Crippen LogP) is 2.06. The second-order valence-corrected chi connectivity index (χ2v) is 4.83. The van der Waals surface area contributed by atoms with Crippen molar-refractivity contribution in [1.82, 2.24) is 9.88 Å². The molecule has 0 bridgehead atoms. The van der Waals surface area contributed by atoms with Crippen molar-refractivity contribution in [3.8, 4) is 0 Å². The standard InChI is InChI=1S/C12H12ClN3O2/c13-10-8(5-3-6-14-10)16-11(17)9-4-1-2-7-15(9)12(16)18/h3,5-6,9H,1-2,4,7H2/t9-/m1/s1. The zero-order chi connectivity index (χ0) is 12.7. The zero-order valence-corrected chi connectivity index (χ0v) is 10.4. The molecule has 2 aliphatic heterocycles. The van der Waals surface area contributed by atoms with Crippen molar-refractivity contribution in [1.29, 1.82) is 0 Å². The molecule has 0 N–H and O–H groups in total. The highest BCUT2D eigenvalue weighted by molar-refractivity contribution is 6.34. The molecule has 1 aromatic heterocycles. The molecule has 6 heteroatoms. The summed E-state index contributed by atoms with van der Waals surface area (Å²) in [5.41, 5.74) is 0.378. The van der Waals surface area contributed by atoms with E-state index in [1.54, 1.807) is 17.0 Å². The maximum Gasteiger partial charge on any atom is 0.332 e. The van der Waals surface area contributed by atoms with Crippen molar-refractivity contribution < 1.29 is 9.59 Å². The van der Waals surface area contributed by atoms with Crippen molar-refractivity contribution in [2.45, 2.75) is 25.3 Å². The number of piperidine rings is 1. The predicted molar refractivity (Wildman–Crippen MR) is 66.5 cm³/mol. The quantitative estimate of drug-likeness (QED) is 0.577. The van der Waals surface area contributed by atoms with Gasteiger partial charge in [0, 0.05) is 12.7 Å². The van der Waals surface area contributed by atoms with Crippen LogP contribution in [-0.2, 0) is 4.79 Å². The Hall–Kier alpha value is -1.62. The average molecular weight is 266 g/mol. The van der Waals surface area contributed by atoms with Crippen LogP contribution in [0.2, 0.25) is 5.15 Å². The Balaban J connectivity index is 2.00. The van der Waals surface area contributed by atoms with E-state index in [9.17, 15) is 9.59 Å². The van der Waals surface area contributed by atoms with Crippen LogP contribution in [0, 0.1) is 0 Å². The molecular formula is C12H12ClN3O2. The summed E-state index contributed by atoms with van der Waals surface area (Å²) in [4.78, 5) is 31.2. The first-order valence-corrected chi connectivity index (χ1v) is 6.33. The van der Waals surface area contributed by atoms with Gasteiger partial charge in [0.25, 0.3) is 5.91 Å². The van der Waals surface area contributed by atoms with E-state index >= 15 is 0 Å². The Morgan fingerprint density at radius 1 is 1.33 bits per heavy atom. The summed E-state index contributed by atoms with van der Waals surface area (Å²) in [7, 11) is 0. The first-order chi connectivity index (χ1) is 8.70. The molecule has 0 radical (unpaired) electrons. The van der Waals surface area contributed by atoms with E-state index in [0.29, 0.717) is 12.2 Å². The largest absolute Gasteiger partial charge is 0.332 e. The van der Waals surface area contributed by atoms with Crippen LogP contribution in [-0.4, -0.2) is 34.4 Å². The van der Waals surface area contributed by atoms with Gasteiger partial charge in [-0.15, -0.1) is 0 Å². The Morgan fingerprint density at radius 2 is 2.17 bits per heavy atom. The number of rotatable bonds is 1. The SMILES string of the molecule is O=C1[C@H]2CCCCN2C(=O)N1c1cccnc1Cl. The Labute approximate surface area is 109 Å². The molecule has 3 amide bonds. The number of imide groups is 1. The van der Waals surface area contributed by atoms with Crippen molar-refractivity contribution in [2.75, 3.05) is 11.4 Å². The summed E-state index contributed by atoms with van der Waals surface area (Å²) in [5, 5.41) is 0.180. The molecule has 0 spiro atoms. The maximum atomic E-state index is 12.3. The van der Waals surface area contributed by atoms with Crippen molar-refractivity contribution >= 4 is 29.2 Å². The summed E-state index contributed by atoms with van der Waals surface area (Å²) in [5.74, 6) is -0.186. The minimum absolute atomic E-state index is 0.180. The van der Waals surface area contributed by atoms with Crippen LogP contribution in [0.25, 0.3) is 0 Å². The lowest BCUT2D eigenvalue weighted by molar-refractivity contribution is -0.120. The highest BCUT2D eigenvalue weighted by atomic mass is 35.5. The van der Waals surface area contributed by atoms with Gasteiger partial charge in [-0.25, -0.2) is 14.7 Å². The van der Waals surface area contributed by atoms with E-state index < -0.39 is 0 Å². The lowest BCUT2D eigenvalue weighted by Crippen LogP contribution is -2.39. The molecule has 1 aromatic rings. The van der Waals surface area contributed by atoms with Gasteiger partial charge in [-0.05, 0) is 31.4 Å². The third-order valence-electron chi connectivity index (χ3n) is 3.43. The number of hydrogen-bond acceptors (Lipinski definition) is 3. The molecule has 0 aromatic carbocycles. The fourth-order valence-electron chi connectivity index (χ4n) is 2.56. The monoisotopic (exact) mass is 265 g/mol. The van der Waals surface area contributed by atoms with Crippen molar-refractivity contribution in [3.63, 3.8) is 0 Å². The van der Waals surface area contributed by atoms with E-state index in [4.69, 9.17) is 11.6 Å². The van der Waals surface area contributed by atoms with Crippen molar-refractivity contribution in [2.24, 2.45) is 0 Å². The average Bonchev–Trinajstić information content (AvgIpc) is 2.64. The van der Waals surface area contributed by atoms with Crippen LogP contribution in [0.5, 0.6) is 0 Å². The van der Waals surface area contributed by atoms with Gasteiger partial charge in [-0.2, -0.15) is 0 Å². The number of hydrogen-bond donors (Lipinski definition) is 0. The van der Waals surface area contributed by atoms with E-state index in [1.807, 2.05) is 0 Å². The second-order valence-electron chi connectivity index (χ2n) is 4.47. The maximum absolute atomic E-state index is 12.3. The van der Waals surface area contributed by atoms with Crippen LogP contribution in [0.4, 0.5) is 10.5 Å². The molecule has 94 valence electrons. The minimum atomic E-state index is -0.317. The molecule has 0 aliphatic carbocycles. The second kappa shape index (κ2) is 4.24. The Morgan fingerprint density at radius 3 is 2.89 bits per heavy atom. The topological polar surface area (TPSA) is 53.5 Å². The summed E-state index contributed by atoms with van der Waals surface area (Å²) < 4.78 is 0. The number of fused-ring (bicyclic) bond motifs is 1. The van der Waals surface area contributed by atoms with Gasteiger partial charge in [-0.3, -0.25) is 4.79 Å². The lowest BCUT2D eigenvalue weighted by Gasteiger charge is -2.25. The number of urea groups is 1. The van der Waals surface area contributed by atoms with Gasteiger partial charge in [0.05, 0.1) is 5.69 Å². The van der Waals surface area contributed by atoms with E-state index in [2.05, 4.69) is 4.98 Å². The van der Waals surface area contributed by atoms with Gasteiger partial charge < -0.3 is 4.90 Å². The van der Waals surface area contributed by atoms with E-state index in [0.717, 1.165) is 24.2 Å². The highest BCUT2D eigenvalue weighted by Gasteiger charge is 2.47. The normalized spacial score (nSPS) is 23.5. The van der Waals surface area contributed by atoms with Crippen molar-refractivity contribution in [3.05, 3.63) is 23.5 Å². The third-order valence-corrected chi connectivity index (χ3v) is 3.72. The summed E-state index contributed by atoms with van der Waals surface area (Å²) >= 11 is 5.96. The van der Waals surface area contributed by atoms with Crippen LogP contribution in [0.1, 0.15) is 19.3 Å². The number of pyridine rings is 1. The number of anilines is 1. The first kappa shape index (κ1) is 11.5. The number of aromatic nitrogens is 1. The Bertz CT molecular complexity index is 496. The molecule has 0 saturated carbocycles. The van der Waals surface area contributed by atoms with Gasteiger partial charge in [0.1, 0.15) is 6.04 Å². The third kappa shape index (κ3) is 1.58. The van der Waals surface area contributed by atoms with Gasteiger partial charge in [0.15, 0.2) is 5.15 Å². The fraction of sp³-hybridized carbons (Fsp3) is 0.417. The van der Waals surface area contributed by atoms with Gasteiger partial charge in [0.2, 0.25) is 0 Å². The van der Waals surface area contributed by atoms with Gasteiger partial charge in [-0.1, -0.05) is 11.6 Å². The molecule has 3 heterocycles. The molecular weight excluding hydrogens is 254 g/mol. The lowest BCUT2D eigenvalue weighted by atomic mass is 10.0. The van der Waals surface area contributed by atoms with E-state index in [-0.39, 0.29) is 23.1 Å². The molecule has 2 saturated heterocycles. The molecule has 18 heavy (non-hydrogen) atoms. The highest BCUT2D eigenvalue weighted by Crippen LogP contribution is 2.33. The van der Waals surface area contributed by atoms with Crippen LogP contribution in [0.15, 0.2) is 18.3 Å². The Kier molecular flexibility index (Phi) is 2.70. The molecule has 3 rings (SSSR count). The summed E-state index contributed by atoms with van der Waals surface area (Å²) in [6.07, 6.45) is 4.20. The molecule has 5 nitrogen and oxygen atoms in total. The van der Waals surface area contributed by atoms with Crippen LogP contribution in [0.3, 0.4) is 0 Å². The minimum Gasteiger partial charge on any atom is -0.312 e. The molecule has 2 fully saturated rings. The molecule has 1 atom stereocenters. The number of carbonyl (C=O) groups excluding carboxylic acids is 2. The van der Waals surface area contributed by atoms with Crippen LogP contribution >= 0.6 is 11.6 Å². The first-order valence-electron chi connectivity index (χ1n) is 5.95. The smallest absolute Gasteiger partial charge is 0.312 e. The van der Waals surface area contributed by atoms with Crippen LogP contribution < -0.4 is 4.90 Å². The zero-order valence-electron chi connectivity index (χ0n) is 9.67. The molecule has 2 aliphatic rings. The van der Waals surface area contributed by atoms with Gasteiger partial charge >= 0.3 is 6.03 Å².